The van der Waals surface area contributed by atoms with Crippen LogP contribution in [0.2, 0.25) is 5.02 Å². The zero-order valence-electron chi connectivity index (χ0n) is 11.2. The fourth-order valence-corrected chi connectivity index (χ4v) is 1.87. The Labute approximate surface area is 126 Å². The van der Waals surface area contributed by atoms with Gasteiger partial charge in [-0.25, -0.2) is 5.43 Å². The number of para-hydroxylation sites is 1. The molecule has 1 amide bonds. The van der Waals surface area contributed by atoms with Crippen molar-refractivity contribution >= 4 is 23.7 Å². The standard InChI is InChI=1S/C15H13ClN2O3/c1-9-5-6-11(13(19)7-9)15(21)18-17-8-10-3-2-4-12(16)14(10)20/h2-8,19-20H,1H3,(H,18,21)/b17-8+. The number of phenolic OH excluding ortho intramolecular Hbond substituents is 2. The summed E-state index contributed by atoms with van der Waals surface area (Å²) in [4.78, 5) is 11.8. The topological polar surface area (TPSA) is 81.9 Å². The molecule has 0 unspecified atom stereocenters. The third-order valence-electron chi connectivity index (χ3n) is 2.79. The molecule has 0 bridgehead atoms. The minimum Gasteiger partial charge on any atom is -0.507 e. The first-order valence-electron chi connectivity index (χ1n) is 6.09. The zero-order chi connectivity index (χ0) is 15.4. The minimum absolute atomic E-state index is 0.115. The van der Waals surface area contributed by atoms with Crippen LogP contribution in [0.1, 0.15) is 21.5 Å². The summed E-state index contributed by atoms with van der Waals surface area (Å²) in [5.74, 6) is -0.783. The Morgan fingerprint density at radius 3 is 2.76 bits per heavy atom. The Hall–Kier alpha value is -2.53. The lowest BCUT2D eigenvalue weighted by Gasteiger charge is -2.04. The molecule has 0 saturated heterocycles. The Morgan fingerprint density at radius 2 is 2.05 bits per heavy atom. The molecule has 21 heavy (non-hydrogen) atoms. The molecule has 3 N–H and O–H groups in total. The number of aromatic hydroxyl groups is 2. The van der Waals surface area contributed by atoms with Gasteiger partial charge in [-0.15, -0.1) is 0 Å². The van der Waals surface area contributed by atoms with E-state index in [-0.39, 0.29) is 22.1 Å². The van der Waals surface area contributed by atoms with E-state index in [2.05, 4.69) is 10.5 Å². The Morgan fingerprint density at radius 1 is 1.29 bits per heavy atom. The molecule has 0 spiro atoms. The van der Waals surface area contributed by atoms with E-state index >= 15 is 0 Å². The number of carbonyl (C=O) groups is 1. The average molecular weight is 305 g/mol. The quantitative estimate of drug-likeness (QED) is 0.602. The van der Waals surface area contributed by atoms with Crippen LogP contribution in [0.4, 0.5) is 0 Å². The van der Waals surface area contributed by atoms with Gasteiger partial charge in [-0.1, -0.05) is 23.7 Å². The molecule has 108 valence electrons. The minimum atomic E-state index is -0.551. The molecule has 0 heterocycles. The molecule has 0 saturated carbocycles. The second-order valence-electron chi connectivity index (χ2n) is 4.40. The number of carbonyl (C=O) groups excluding carboxylic acids is 1. The second-order valence-corrected chi connectivity index (χ2v) is 4.80. The van der Waals surface area contributed by atoms with Crippen molar-refractivity contribution in [2.75, 3.05) is 0 Å². The van der Waals surface area contributed by atoms with Crippen molar-refractivity contribution in [1.29, 1.82) is 0 Å². The highest BCUT2D eigenvalue weighted by Gasteiger charge is 2.10. The van der Waals surface area contributed by atoms with Crippen LogP contribution in [-0.2, 0) is 0 Å². The summed E-state index contributed by atoms with van der Waals surface area (Å²) in [7, 11) is 0. The third kappa shape index (κ3) is 3.52. The van der Waals surface area contributed by atoms with Gasteiger partial charge in [0.2, 0.25) is 0 Å². The molecule has 0 radical (unpaired) electrons. The van der Waals surface area contributed by atoms with Crippen molar-refractivity contribution in [3.8, 4) is 11.5 Å². The van der Waals surface area contributed by atoms with E-state index < -0.39 is 5.91 Å². The van der Waals surface area contributed by atoms with Crippen LogP contribution >= 0.6 is 11.6 Å². The molecule has 2 aromatic rings. The molecule has 0 aliphatic rings. The second kappa shape index (κ2) is 6.28. The van der Waals surface area contributed by atoms with E-state index in [1.54, 1.807) is 18.2 Å². The van der Waals surface area contributed by atoms with E-state index in [9.17, 15) is 15.0 Å². The number of hydrogen-bond donors (Lipinski definition) is 3. The molecular weight excluding hydrogens is 292 g/mol. The summed E-state index contributed by atoms with van der Waals surface area (Å²) < 4.78 is 0. The molecular formula is C15H13ClN2O3. The van der Waals surface area contributed by atoms with Crippen LogP contribution in [0, 0.1) is 6.92 Å². The number of phenols is 2. The summed E-state index contributed by atoms with van der Waals surface area (Å²) in [6.45, 7) is 1.81. The number of hydrogen-bond acceptors (Lipinski definition) is 4. The predicted molar refractivity (Wildman–Crippen MR) is 81.0 cm³/mol. The fourth-order valence-electron chi connectivity index (χ4n) is 1.69. The smallest absolute Gasteiger partial charge is 0.275 e. The average Bonchev–Trinajstić information content (AvgIpc) is 2.43. The van der Waals surface area contributed by atoms with Gasteiger partial charge in [0.15, 0.2) is 0 Å². The Balaban J connectivity index is 2.10. The fraction of sp³-hybridized carbons (Fsp3) is 0.0667. The predicted octanol–water partition coefficient (Wildman–Crippen LogP) is 2.82. The normalized spacial score (nSPS) is 10.8. The van der Waals surface area contributed by atoms with Gasteiger partial charge in [0.05, 0.1) is 16.8 Å². The third-order valence-corrected chi connectivity index (χ3v) is 3.09. The first-order chi connectivity index (χ1) is 9.99. The van der Waals surface area contributed by atoms with Gasteiger partial charge in [0, 0.05) is 5.56 Å². The van der Waals surface area contributed by atoms with Crippen molar-refractivity contribution < 1.29 is 15.0 Å². The summed E-state index contributed by atoms with van der Waals surface area (Å²) in [5, 5.41) is 23.3. The van der Waals surface area contributed by atoms with Gasteiger partial charge in [-0.05, 0) is 36.8 Å². The van der Waals surface area contributed by atoms with E-state index in [0.717, 1.165) is 5.56 Å². The van der Waals surface area contributed by atoms with Crippen LogP contribution < -0.4 is 5.43 Å². The van der Waals surface area contributed by atoms with Gasteiger partial charge in [0.1, 0.15) is 11.5 Å². The van der Waals surface area contributed by atoms with Crippen LogP contribution in [0.25, 0.3) is 0 Å². The lowest BCUT2D eigenvalue weighted by Crippen LogP contribution is -2.17. The highest BCUT2D eigenvalue weighted by atomic mass is 35.5. The van der Waals surface area contributed by atoms with Crippen LogP contribution in [0.5, 0.6) is 11.5 Å². The number of amides is 1. The van der Waals surface area contributed by atoms with E-state index in [4.69, 9.17) is 11.6 Å². The SMILES string of the molecule is Cc1ccc(C(=O)N/N=C/c2cccc(Cl)c2O)c(O)c1. The number of halogens is 1. The molecule has 5 nitrogen and oxygen atoms in total. The first-order valence-corrected chi connectivity index (χ1v) is 6.47. The van der Waals surface area contributed by atoms with Gasteiger partial charge in [-0.2, -0.15) is 5.10 Å². The van der Waals surface area contributed by atoms with Crippen molar-refractivity contribution in [3.63, 3.8) is 0 Å². The van der Waals surface area contributed by atoms with Gasteiger partial charge >= 0.3 is 0 Å². The number of hydrazone groups is 1. The number of benzene rings is 2. The van der Waals surface area contributed by atoms with Crippen LogP contribution in [0.15, 0.2) is 41.5 Å². The first kappa shape index (κ1) is 14.9. The van der Waals surface area contributed by atoms with Crippen LogP contribution in [-0.4, -0.2) is 22.3 Å². The molecule has 2 rings (SSSR count). The Bertz CT molecular complexity index is 714. The largest absolute Gasteiger partial charge is 0.507 e. The maximum atomic E-state index is 11.8. The van der Waals surface area contributed by atoms with E-state index in [0.29, 0.717) is 5.56 Å². The lowest BCUT2D eigenvalue weighted by molar-refractivity contribution is 0.0952. The number of nitrogens with zero attached hydrogens (tertiary/aromatic N) is 1. The van der Waals surface area contributed by atoms with Crippen molar-refractivity contribution in [2.24, 2.45) is 5.10 Å². The summed E-state index contributed by atoms with van der Waals surface area (Å²) in [6.07, 6.45) is 1.27. The molecule has 6 heteroatoms. The van der Waals surface area contributed by atoms with E-state index in [1.807, 2.05) is 6.92 Å². The van der Waals surface area contributed by atoms with Gasteiger partial charge in [-0.3, -0.25) is 4.79 Å². The molecule has 0 atom stereocenters. The van der Waals surface area contributed by atoms with Gasteiger partial charge in [0.25, 0.3) is 5.91 Å². The maximum absolute atomic E-state index is 11.8. The summed E-state index contributed by atoms with van der Waals surface area (Å²) >= 11 is 5.75. The van der Waals surface area contributed by atoms with Gasteiger partial charge < -0.3 is 10.2 Å². The molecule has 0 fully saturated rings. The maximum Gasteiger partial charge on any atom is 0.275 e. The Kier molecular flexibility index (Phi) is 4.45. The highest BCUT2D eigenvalue weighted by molar-refractivity contribution is 6.32. The molecule has 0 aromatic heterocycles. The molecule has 0 aliphatic heterocycles. The van der Waals surface area contributed by atoms with Crippen LogP contribution in [0.3, 0.4) is 0 Å². The summed E-state index contributed by atoms with van der Waals surface area (Å²) in [6, 6.07) is 9.49. The zero-order valence-corrected chi connectivity index (χ0v) is 11.9. The monoisotopic (exact) mass is 304 g/mol. The number of rotatable bonds is 3. The van der Waals surface area contributed by atoms with Crippen molar-refractivity contribution in [3.05, 3.63) is 58.1 Å². The molecule has 0 aliphatic carbocycles. The molecule has 2 aromatic carbocycles. The van der Waals surface area contributed by atoms with Crippen molar-refractivity contribution in [2.45, 2.75) is 6.92 Å². The van der Waals surface area contributed by atoms with E-state index in [1.165, 1.54) is 24.4 Å². The lowest BCUT2D eigenvalue weighted by atomic mass is 10.1. The number of nitrogens with one attached hydrogen (secondary N) is 1. The summed E-state index contributed by atoms with van der Waals surface area (Å²) in [5.41, 5.74) is 3.60. The highest BCUT2D eigenvalue weighted by Crippen LogP contribution is 2.25. The number of aryl methyl sites for hydroxylation is 1. The van der Waals surface area contributed by atoms with Crippen molar-refractivity contribution in [1.82, 2.24) is 5.43 Å².